The van der Waals surface area contributed by atoms with Crippen LogP contribution in [0.2, 0.25) is 18.6 Å². The quantitative estimate of drug-likeness (QED) is 0.130. The van der Waals surface area contributed by atoms with Crippen LogP contribution in [0.25, 0.3) is 0 Å². The number of para-hydroxylation sites is 1. The number of aliphatic hydroxyl groups excluding tert-OH is 1. The molecule has 2 N–H and O–H groups in total. The Hall–Kier alpha value is -5.55. The van der Waals surface area contributed by atoms with Crippen molar-refractivity contribution < 1.29 is 29.0 Å². The number of rotatable bonds is 12. The number of aliphatic hydroxyl groups is 1. The summed E-state index contributed by atoms with van der Waals surface area (Å²) in [5.41, 5.74) is 2.34. The minimum absolute atomic E-state index is 0.0224. The summed E-state index contributed by atoms with van der Waals surface area (Å²) in [4.78, 5) is 46.5. The van der Waals surface area contributed by atoms with Crippen molar-refractivity contribution in [2.75, 3.05) is 30.5 Å². The molecule has 1 saturated heterocycles. The number of amides is 3. The zero-order chi connectivity index (χ0) is 38.7. The van der Waals surface area contributed by atoms with Crippen LogP contribution in [0, 0.1) is 5.92 Å². The Morgan fingerprint density at radius 2 is 1.53 bits per heavy atom. The molecule has 2 heterocycles. The molecule has 0 aliphatic carbocycles. The molecule has 0 saturated carbocycles. The fraction of sp³-hybridized carbons (Fsp3) is 0.267. The van der Waals surface area contributed by atoms with Crippen molar-refractivity contribution >= 4 is 48.0 Å². The van der Waals surface area contributed by atoms with Gasteiger partial charge < -0.3 is 24.8 Å². The highest BCUT2D eigenvalue weighted by Gasteiger charge is 2.67. The van der Waals surface area contributed by atoms with Crippen LogP contribution in [0.4, 0.5) is 17.1 Å². The fourth-order valence-corrected chi connectivity index (χ4v) is 12.7. The topological polar surface area (TPSA) is 108 Å². The Bertz CT molecular complexity index is 2150. The second kappa shape index (κ2) is 15.7. The van der Waals surface area contributed by atoms with E-state index in [0.717, 1.165) is 16.5 Å². The molecule has 3 amide bonds. The Morgan fingerprint density at radius 3 is 2.16 bits per heavy atom. The summed E-state index contributed by atoms with van der Waals surface area (Å²) in [6.45, 7) is 6.95. The predicted molar refractivity (Wildman–Crippen MR) is 218 cm³/mol. The van der Waals surface area contributed by atoms with Crippen molar-refractivity contribution in [3.63, 3.8) is 0 Å². The minimum Gasteiger partial charge on any atom is -0.497 e. The van der Waals surface area contributed by atoms with Gasteiger partial charge in [0.2, 0.25) is 5.91 Å². The third kappa shape index (κ3) is 7.09. The first-order valence-corrected chi connectivity index (χ1v) is 21.8. The van der Waals surface area contributed by atoms with Crippen molar-refractivity contribution in [2.45, 2.75) is 50.2 Å². The van der Waals surface area contributed by atoms with E-state index in [0.29, 0.717) is 34.7 Å². The molecule has 2 aliphatic heterocycles. The molecule has 0 unspecified atom stereocenters. The lowest BCUT2D eigenvalue weighted by molar-refractivity contribution is -0.149. The summed E-state index contributed by atoms with van der Waals surface area (Å²) in [6, 6.07) is 41.8. The van der Waals surface area contributed by atoms with Crippen LogP contribution in [0.15, 0.2) is 133 Å². The molecule has 0 radical (unpaired) electrons. The maximum Gasteiger partial charge on any atom is 0.268 e. The van der Waals surface area contributed by atoms with Gasteiger partial charge in [-0.3, -0.25) is 19.3 Å². The van der Waals surface area contributed by atoms with Gasteiger partial charge in [-0.2, -0.15) is 0 Å². The summed E-state index contributed by atoms with van der Waals surface area (Å²) in [5.74, 6) is -0.295. The number of benzene rings is 5. The van der Waals surface area contributed by atoms with Gasteiger partial charge in [0.25, 0.3) is 11.8 Å². The second-order valence-corrected chi connectivity index (χ2v) is 19.6. The first kappa shape index (κ1) is 37.7. The van der Waals surface area contributed by atoms with Gasteiger partial charge in [0, 0.05) is 41.5 Å². The van der Waals surface area contributed by atoms with E-state index in [1.807, 2.05) is 109 Å². The van der Waals surface area contributed by atoms with Gasteiger partial charge >= 0.3 is 0 Å². The van der Waals surface area contributed by atoms with Crippen LogP contribution in [-0.2, 0) is 26.5 Å². The van der Waals surface area contributed by atoms with Crippen LogP contribution in [-0.4, -0.2) is 62.2 Å². The molecule has 1 spiro atoms. The average molecular weight is 754 g/mol. The van der Waals surface area contributed by atoms with Gasteiger partial charge in [0.05, 0.1) is 40.0 Å². The Kier molecular flexibility index (Phi) is 10.8. The zero-order valence-electron chi connectivity index (χ0n) is 31.6. The lowest BCUT2D eigenvalue weighted by Gasteiger charge is -2.37. The largest absolute Gasteiger partial charge is 0.497 e. The number of hydrogen-bond acceptors (Lipinski definition) is 6. The van der Waals surface area contributed by atoms with Crippen molar-refractivity contribution in [1.82, 2.24) is 4.90 Å². The van der Waals surface area contributed by atoms with Gasteiger partial charge in [-0.1, -0.05) is 104 Å². The van der Waals surface area contributed by atoms with Gasteiger partial charge in [0.15, 0.2) is 5.60 Å². The fourth-order valence-electron chi connectivity index (χ4n) is 8.66. The number of ether oxygens (including phenoxy) is 2. The van der Waals surface area contributed by atoms with Crippen LogP contribution in [0.5, 0.6) is 5.75 Å². The van der Waals surface area contributed by atoms with Crippen LogP contribution in [0.3, 0.4) is 0 Å². The summed E-state index contributed by atoms with van der Waals surface area (Å²) >= 11 is 0. The SMILES string of the molecule is COc1ccc([Si](C)(C)[C@H]2[C@H](CC(=O)N(CCO)Cc3ccccc3)O[C@@]3(C(=O)N(c4ccccc4)c4ccc(NC(=O)c5ccccc5)cc43)[C@@H]2C)cc1. The summed E-state index contributed by atoms with van der Waals surface area (Å²) < 4.78 is 12.8. The van der Waals surface area contributed by atoms with E-state index in [9.17, 15) is 14.7 Å². The molecule has 0 aromatic heterocycles. The number of anilines is 3. The molecule has 4 atom stereocenters. The van der Waals surface area contributed by atoms with Gasteiger partial charge in [-0.25, -0.2) is 0 Å². The second-order valence-electron chi connectivity index (χ2n) is 14.9. The number of nitrogens with one attached hydrogen (secondary N) is 1. The van der Waals surface area contributed by atoms with E-state index in [-0.39, 0.29) is 48.8 Å². The monoisotopic (exact) mass is 753 g/mol. The molecule has 5 aromatic carbocycles. The molecular weight excluding hydrogens is 707 g/mol. The highest BCUT2D eigenvalue weighted by atomic mass is 28.3. The summed E-state index contributed by atoms with van der Waals surface area (Å²) in [6.07, 6.45) is -0.618. The highest BCUT2D eigenvalue weighted by Crippen LogP contribution is 2.61. The smallest absolute Gasteiger partial charge is 0.268 e. The molecule has 2 aliphatic rings. The first-order valence-electron chi connectivity index (χ1n) is 18.7. The van der Waals surface area contributed by atoms with Crippen molar-refractivity contribution in [3.05, 3.63) is 150 Å². The third-order valence-electron chi connectivity index (χ3n) is 11.4. The van der Waals surface area contributed by atoms with Crippen molar-refractivity contribution in [1.29, 1.82) is 0 Å². The lowest BCUT2D eigenvalue weighted by Crippen LogP contribution is -2.52. The van der Waals surface area contributed by atoms with Crippen LogP contribution < -0.4 is 20.1 Å². The van der Waals surface area contributed by atoms with Gasteiger partial charge in [-0.05, 0) is 65.7 Å². The van der Waals surface area contributed by atoms with E-state index < -0.39 is 19.8 Å². The minimum atomic E-state index is -2.57. The Morgan fingerprint density at radius 1 is 0.891 bits per heavy atom. The van der Waals surface area contributed by atoms with Crippen LogP contribution >= 0.6 is 0 Å². The number of carbonyl (C=O) groups is 3. The molecule has 0 bridgehead atoms. The number of nitrogens with zero attached hydrogens (tertiary/aromatic N) is 2. The average Bonchev–Trinajstić information content (AvgIpc) is 3.64. The number of fused-ring (bicyclic) bond motifs is 2. The Balaban J connectivity index is 1.34. The summed E-state index contributed by atoms with van der Waals surface area (Å²) in [7, 11) is -0.933. The summed E-state index contributed by atoms with van der Waals surface area (Å²) in [5, 5.41) is 14.2. The molecule has 282 valence electrons. The maximum atomic E-state index is 15.3. The standard InChI is InChI=1S/C45H47N3O6Si/c1-31-42(55(3,4)37-23-21-36(53-2)22-24-37)40(29-41(50)47(26-27-49)30-32-14-8-5-9-15-32)54-45(31)38-28-34(46-43(51)33-16-10-6-11-17-33)20-25-39(38)48(44(45)52)35-18-12-7-13-19-35/h5-25,28,31,40,42,49H,26-27,29-30H2,1-4H3,(H,46,51)/t31-,40+,42-,45+/m1/s1. The van der Waals surface area contributed by atoms with E-state index in [4.69, 9.17) is 9.47 Å². The molecule has 55 heavy (non-hydrogen) atoms. The predicted octanol–water partition coefficient (Wildman–Crippen LogP) is 7.25. The normalized spacial score (nSPS) is 20.3. The molecule has 5 aromatic rings. The molecule has 9 nitrogen and oxygen atoms in total. The van der Waals surface area contributed by atoms with Crippen molar-refractivity contribution in [2.24, 2.45) is 5.92 Å². The van der Waals surface area contributed by atoms with E-state index in [1.54, 1.807) is 29.0 Å². The lowest BCUT2D eigenvalue weighted by atomic mass is 9.82. The number of carbonyl (C=O) groups excluding carboxylic acids is 3. The first-order chi connectivity index (χ1) is 26.6. The zero-order valence-corrected chi connectivity index (χ0v) is 32.6. The van der Waals surface area contributed by atoms with E-state index >= 15 is 4.79 Å². The van der Waals surface area contributed by atoms with E-state index in [2.05, 4.69) is 37.5 Å². The molecule has 1 fully saturated rings. The number of methoxy groups -OCH3 is 1. The van der Waals surface area contributed by atoms with Crippen LogP contribution in [0.1, 0.15) is 34.8 Å². The Labute approximate surface area is 323 Å². The highest BCUT2D eigenvalue weighted by molar-refractivity contribution is 6.91. The number of hydrogen-bond donors (Lipinski definition) is 2. The maximum absolute atomic E-state index is 15.3. The third-order valence-corrected chi connectivity index (χ3v) is 15.7. The van der Waals surface area contributed by atoms with E-state index in [1.165, 1.54) is 0 Å². The molecule has 7 rings (SSSR count). The molecule has 10 heteroatoms. The van der Waals surface area contributed by atoms with Gasteiger partial charge in [-0.15, -0.1) is 0 Å². The van der Waals surface area contributed by atoms with Gasteiger partial charge in [0.1, 0.15) is 5.75 Å². The molecular formula is C45H47N3O6Si. The van der Waals surface area contributed by atoms with Crippen molar-refractivity contribution in [3.8, 4) is 5.75 Å².